The summed E-state index contributed by atoms with van der Waals surface area (Å²) in [5.41, 5.74) is 0. The summed E-state index contributed by atoms with van der Waals surface area (Å²) in [7, 11) is 2.10. The highest BCUT2D eigenvalue weighted by Crippen LogP contribution is 2.44. The number of aliphatic hydroxyl groups is 1. The maximum Gasteiger partial charge on any atom is 0.101 e. The Labute approximate surface area is 65.9 Å². The highest BCUT2D eigenvalue weighted by Gasteiger charge is 2.57. The molecule has 0 aromatic rings. The predicted octanol–water partition coefficient (Wildman–Crippen LogP) is -0.409. The predicted molar refractivity (Wildman–Crippen MR) is 39.2 cm³/mol. The smallest absolute Gasteiger partial charge is 0.101 e. The van der Waals surface area contributed by atoms with E-state index < -0.39 is 0 Å². The van der Waals surface area contributed by atoms with Gasteiger partial charge in [-0.2, -0.15) is 0 Å². The summed E-state index contributed by atoms with van der Waals surface area (Å²) < 4.78 is 5.64. The molecule has 0 amide bonds. The minimum atomic E-state index is -0.219. The fourth-order valence-electron chi connectivity index (χ4n) is 2.91. The van der Waals surface area contributed by atoms with Crippen LogP contribution in [0.2, 0.25) is 0 Å². The van der Waals surface area contributed by atoms with Crippen molar-refractivity contribution >= 4 is 0 Å². The topological polar surface area (TPSA) is 32.7 Å². The monoisotopic (exact) mass is 155 g/mol. The number of hydrogen-bond acceptors (Lipinski definition) is 3. The van der Waals surface area contributed by atoms with Gasteiger partial charge in [0.15, 0.2) is 0 Å². The minimum Gasteiger partial charge on any atom is -0.389 e. The van der Waals surface area contributed by atoms with Gasteiger partial charge >= 0.3 is 0 Å². The Morgan fingerprint density at radius 1 is 1.36 bits per heavy atom. The van der Waals surface area contributed by atoms with E-state index >= 15 is 0 Å². The summed E-state index contributed by atoms with van der Waals surface area (Å²) in [5.74, 6) is 0. The van der Waals surface area contributed by atoms with Gasteiger partial charge in [0, 0.05) is 12.1 Å². The van der Waals surface area contributed by atoms with Crippen LogP contribution in [-0.4, -0.2) is 47.4 Å². The van der Waals surface area contributed by atoms with Crippen molar-refractivity contribution in [3.63, 3.8) is 0 Å². The number of nitrogens with zero attached hydrogens (tertiary/aromatic N) is 1. The van der Waals surface area contributed by atoms with Crippen LogP contribution in [0, 0.1) is 0 Å². The molecule has 1 N–H and O–H groups in total. The Bertz CT molecular complexity index is 175. The van der Waals surface area contributed by atoms with Gasteiger partial charge < -0.3 is 9.84 Å². The molecule has 5 atom stereocenters. The highest BCUT2D eigenvalue weighted by atomic mass is 16.5. The van der Waals surface area contributed by atoms with E-state index in [-0.39, 0.29) is 12.2 Å². The first kappa shape index (κ1) is 6.40. The number of likely N-dealkylation sites (N-methyl/N-ethyl adjacent to an activating group) is 1. The molecule has 4 aliphatic rings. The molecular formula is C8H13NO2. The van der Waals surface area contributed by atoms with E-state index in [1.807, 2.05) is 0 Å². The van der Waals surface area contributed by atoms with Crippen LogP contribution in [0.3, 0.4) is 0 Å². The van der Waals surface area contributed by atoms with Crippen LogP contribution in [-0.2, 0) is 4.74 Å². The average Bonchev–Trinajstić information content (AvgIpc) is 2.39. The molecule has 0 aliphatic carbocycles. The van der Waals surface area contributed by atoms with Crippen molar-refractivity contribution in [3.05, 3.63) is 0 Å². The Morgan fingerprint density at radius 3 is 2.73 bits per heavy atom. The second kappa shape index (κ2) is 1.79. The Hall–Kier alpha value is -0.120. The third-order valence-electron chi connectivity index (χ3n) is 3.51. The lowest BCUT2D eigenvalue weighted by atomic mass is 10.0. The fraction of sp³-hybridized carbons (Fsp3) is 1.00. The van der Waals surface area contributed by atoms with Gasteiger partial charge in [0.1, 0.15) is 6.10 Å². The molecule has 4 saturated heterocycles. The van der Waals surface area contributed by atoms with Gasteiger partial charge in [0.2, 0.25) is 0 Å². The van der Waals surface area contributed by atoms with E-state index in [0.717, 1.165) is 12.8 Å². The lowest BCUT2D eigenvalue weighted by Crippen LogP contribution is -2.44. The number of hydrogen-bond donors (Lipinski definition) is 1. The summed E-state index contributed by atoms with van der Waals surface area (Å²) >= 11 is 0. The molecule has 4 heterocycles. The standard InChI is InChI=1S/C8H13NO2/c1-9-5-2-4-3-6(9)8(11-4)7(5)10/h4-8,10H,2-3H2,1H3/t4-,5+,6-,7+,8+/m1/s1. The Morgan fingerprint density at radius 2 is 2.09 bits per heavy atom. The van der Waals surface area contributed by atoms with Gasteiger partial charge in [-0.15, -0.1) is 0 Å². The molecule has 0 spiro atoms. The summed E-state index contributed by atoms with van der Waals surface area (Å²) in [6.45, 7) is 0. The van der Waals surface area contributed by atoms with E-state index in [1.165, 1.54) is 0 Å². The van der Waals surface area contributed by atoms with Gasteiger partial charge in [-0.1, -0.05) is 0 Å². The molecule has 4 aliphatic heterocycles. The second-order valence-corrected chi connectivity index (χ2v) is 3.98. The Kier molecular flexibility index (Phi) is 1.04. The zero-order chi connectivity index (χ0) is 7.59. The van der Waals surface area contributed by atoms with Crippen molar-refractivity contribution in [1.82, 2.24) is 4.90 Å². The van der Waals surface area contributed by atoms with Crippen molar-refractivity contribution < 1.29 is 9.84 Å². The first-order valence-corrected chi connectivity index (χ1v) is 4.33. The third-order valence-corrected chi connectivity index (χ3v) is 3.51. The fourth-order valence-corrected chi connectivity index (χ4v) is 2.91. The van der Waals surface area contributed by atoms with Gasteiger partial charge in [-0.3, -0.25) is 4.90 Å². The number of ether oxygens (including phenoxy) is 1. The van der Waals surface area contributed by atoms with Gasteiger partial charge in [-0.05, 0) is 19.9 Å². The van der Waals surface area contributed by atoms with Crippen molar-refractivity contribution in [2.75, 3.05) is 7.05 Å². The van der Waals surface area contributed by atoms with Crippen molar-refractivity contribution in [2.45, 2.75) is 43.2 Å². The van der Waals surface area contributed by atoms with Gasteiger partial charge in [-0.25, -0.2) is 0 Å². The van der Waals surface area contributed by atoms with Crippen LogP contribution in [0.15, 0.2) is 0 Å². The SMILES string of the molecule is CN1[C@@H]2C[C@H]3C[C@H]1[C@H](O)[C@H]2O3. The van der Waals surface area contributed by atoms with Crippen LogP contribution in [0.25, 0.3) is 0 Å². The van der Waals surface area contributed by atoms with Gasteiger partial charge in [0.05, 0.1) is 12.2 Å². The lowest BCUT2D eigenvalue weighted by molar-refractivity contribution is -0.0758. The number of rotatable bonds is 0. The Balaban J connectivity index is 2.00. The zero-order valence-electron chi connectivity index (χ0n) is 6.60. The van der Waals surface area contributed by atoms with Crippen LogP contribution in [0.5, 0.6) is 0 Å². The first-order chi connectivity index (χ1) is 5.27. The van der Waals surface area contributed by atoms with Crippen LogP contribution >= 0.6 is 0 Å². The average molecular weight is 155 g/mol. The van der Waals surface area contributed by atoms with Crippen molar-refractivity contribution in [2.24, 2.45) is 0 Å². The maximum absolute atomic E-state index is 9.71. The summed E-state index contributed by atoms with van der Waals surface area (Å²) in [6, 6.07) is 0.895. The van der Waals surface area contributed by atoms with E-state index in [9.17, 15) is 5.11 Å². The first-order valence-electron chi connectivity index (χ1n) is 4.33. The molecule has 3 nitrogen and oxygen atoms in total. The lowest BCUT2D eigenvalue weighted by Gasteiger charge is -2.33. The summed E-state index contributed by atoms with van der Waals surface area (Å²) in [4.78, 5) is 2.29. The molecule has 4 fully saturated rings. The third kappa shape index (κ3) is 0.604. The molecule has 3 heteroatoms. The molecule has 0 aromatic heterocycles. The quantitative estimate of drug-likeness (QED) is 0.516. The van der Waals surface area contributed by atoms with E-state index in [0.29, 0.717) is 18.2 Å². The largest absolute Gasteiger partial charge is 0.389 e. The van der Waals surface area contributed by atoms with Gasteiger partial charge in [0.25, 0.3) is 0 Å². The zero-order valence-corrected chi connectivity index (χ0v) is 6.60. The molecule has 0 aromatic carbocycles. The molecular weight excluding hydrogens is 142 g/mol. The van der Waals surface area contributed by atoms with Crippen LogP contribution in [0.4, 0.5) is 0 Å². The van der Waals surface area contributed by atoms with E-state index in [1.54, 1.807) is 0 Å². The van der Waals surface area contributed by atoms with Crippen molar-refractivity contribution in [3.8, 4) is 0 Å². The van der Waals surface area contributed by atoms with Crippen LogP contribution < -0.4 is 0 Å². The summed E-state index contributed by atoms with van der Waals surface area (Å²) in [6.07, 6.45) is 2.53. The molecule has 4 bridgehead atoms. The number of piperidine rings is 1. The molecule has 0 saturated carbocycles. The molecule has 62 valence electrons. The normalized spacial score (nSPS) is 61.1. The van der Waals surface area contributed by atoms with E-state index in [2.05, 4.69) is 11.9 Å². The molecule has 11 heavy (non-hydrogen) atoms. The number of aliphatic hydroxyl groups excluding tert-OH is 1. The van der Waals surface area contributed by atoms with Crippen molar-refractivity contribution in [1.29, 1.82) is 0 Å². The summed E-state index contributed by atoms with van der Waals surface area (Å²) in [5, 5.41) is 9.71. The minimum absolute atomic E-state index is 0.128. The molecule has 0 radical (unpaired) electrons. The maximum atomic E-state index is 9.71. The molecule has 4 rings (SSSR count). The van der Waals surface area contributed by atoms with Crippen LogP contribution in [0.1, 0.15) is 12.8 Å². The van der Waals surface area contributed by atoms with E-state index in [4.69, 9.17) is 4.74 Å². The molecule has 0 unspecified atom stereocenters. The second-order valence-electron chi connectivity index (χ2n) is 3.98. The highest BCUT2D eigenvalue weighted by molar-refractivity contribution is 5.10.